The average Bonchev–Trinajstić information content (AvgIpc) is 3.68. The van der Waals surface area contributed by atoms with Gasteiger partial charge in [0.15, 0.2) is 0 Å². The number of carbonyl (C=O) groups excluding carboxylic acids is 1. The van der Waals surface area contributed by atoms with E-state index < -0.39 is 17.6 Å². The second-order valence-corrected chi connectivity index (χ2v) is 9.87. The number of benzene rings is 2. The monoisotopic (exact) mass is 506 g/mol. The summed E-state index contributed by atoms with van der Waals surface area (Å²) < 4.78 is 45.9. The molecule has 2 aromatic carbocycles. The van der Waals surface area contributed by atoms with Gasteiger partial charge in [0.25, 0.3) is 0 Å². The summed E-state index contributed by atoms with van der Waals surface area (Å²) in [5, 5.41) is 0. The van der Waals surface area contributed by atoms with E-state index in [0.29, 0.717) is 24.0 Å². The van der Waals surface area contributed by atoms with Crippen molar-refractivity contribution in [2.45, 2.75) is 63.0 Å². The van der Waals surface area contributed by atoms with Crippen LogP contribution in [-0.4, -0.2) is 32.5 Å². The number of alkyl halides is 1. The zero-order valence-corrected chi connectivity index (χ0v) is 21.7. The van der Waals surface area contributed by atoms with Crippen LogP contribution in [0.1, 0.15) is 68.4 Å². The maximum atomic E-state index is 15.4. The molecule has 0 heterocycles. The zero-order chi connectivity index (χ0) is 24.3. The summed E-state index contributed by atoms with van der Waals surface area (Å²) in [5.74, 6) is 0.527. The molecule has 0 bridgehead atoms. The molecule has 0 radical (unpaired) electrons. The molecular formula is C28H36F2O4S. The molecule has 0 aromatic heterocycles. The van der Waals surface area contributed by atoms with Gasteiger partial charge in [-0.1, -0.05) is 12.1 Å². The summed E-state index contributed by atoms with van der Waals surface area (Å²) in [5.41, 5.74) is -0.576. The first-order chi connectivity index (χ1) is 16.3. The molecule has 2 fully saturated rings. The zero-order valence-electron chi connectivity index (χ0n) is 20.7. The van der Waals surface area contributed by atoms with Crippen molar-refractivity contribution in [2.24, 2.45) is 11.8 Å². The van der Waals surface area contributed by atoms with Crippen molar-refractivity contribution in [1.82, 2.24) is 0 Å². The van der Waals surface area contributed by atoms with Crippen LogP contribution in [0.15, 0.2) is 42.5 Å². The summed E-state index contributed by atoms with van der Waals surface area (Å²) in [6.45, 7) is 1.88. The van der Waals surface area contributed by atoms with Crippen LogP contribution in [0.5, 0.6) is 11.5 Å². The SMILES string of the molecule is COC(=O)C(C)(F)[C@H](c1cccc(OCC2CCC(c3cc(OC)ccc3F)CC2)c1)C1CC1.S. The van der Waals surface area contributed by atoms with E-state index in [9.17, 15) is 9.18 Å². The van der Waals surface area contributed by atoms with Gasteiger partial charge in [-0.25, -0.2) is 13.6 Å². The van der Waals surface area contributed by atoms with Gasteiger partial charge in [0.1, 0.15) is 17.3 Å². The maximum absolute atomic E-state index is 15.4. The molecule has 35 heavy (non-hydrogen) atoms. The van der Waals surface area contributed by atoms with Crippen LogP contribution in [0, 0.1) is 17.7 Å². The summed E-state index contributed by atoms with van der Waals surface area (Å²) >= 11 is 0. The predicted molar refractivity (Wildman–Crippen MR) is 137 cm³/mol. The molecule has 4 rings (SSSR count). The predicted octanol–water partition coefficient (Wildman–Crippen LogP) is 6.69. The Morgan fingerprint density at radius 1 is 1.03 bits per heavy atom. The molecule has 7 heteroatoms. The van der Waals surface area contributed by atoms with Crippen LogP contribution in [0.4, 0.5) is 8.78 Å². The van der Waals surface area contributed by atoms with E-state index in [2.05, 4.69) is 0 Å². The van der Waals surface area contributed by atoms with Gasteiger partial charge in [0.2, 0.25) is 5.67 Å². The third-order valence-corrected chi connectivity index (χ3v) is 7.45. The van der Waals surface area contributed by atoms with Crippen LogP contribution < -0.4 is 9.47 Å². The van der Waals surface area contributed by atoms with Crippen molar-refractivity contribution in [1.29, 1.82) is 0 Å². The number of esters is 1. The lowest BCUT2D eigenvalue weighted by Crippen LogP contribution is -2.39. The van der Waals surface area contributed by atoms with E-state index in [1.54, 1.807) is 13.2 Å². The summed E-state index contributed by atoms with van der Waals surface area (Å²) in [7, 11) is 2.82. The van der Waals surface area contributed by atoms with Crippen molar-refractivity contribution >= 4 is 19.5 Å². The Bertz CT molecular complexity index is 1000. The second kappa shape index (κ2) is 11.6. The highest BCUT2D eigenvalue weighted by atomic mass is 32.1. The average molecular weight is 507 g/mol. The summed E-state index contributed by atoms with van der Waals surface area (Å²) in [6, 6.07) is 12.4. The normalized spacial score (nSPS) is 22.3. The Morgan fingerprint density at radius 2 is 1.74 bits per heavy atom. The lowest BCUT2D eigenvalue weighted by Gasteiger charge is -2.30. The lowest BCUT2D eigenvalue weighted by atomic mass is 9.79. The molecule has 0 spiro atoms. The van der Waals surface area contributed by atoms with Crippen molar-refractivity contribution in [2.75, 3.05) is 20.8 Å². The number of rotatable bonds is 9. The Labute approximate surface area is 213 Å². The number of halogens is 2. The van der Waals surface area contributed by atoms with E-state index in [1.807, 2.05) is 30.3 Å². The Balaban J connectivity index is 0.00000342. The molecule has 4 nitrogen and oxygen atoms in total. The topological polar surface area (TPSA) is 44.8 Å². The van der Waals surface area contributed by atoms with Gasteiger partial charge in [-0.3, -0.25) is 0 Å². The van der Waals surface area contributed by atoms with Crippen LogP contribution in [0.2, 0.25) is 0 Å². The van der Waals surface area contributed by atoms with Gasteiger partial charge in [0, 0.05) is 5.92 Å². The Kier molecular flexibility index (Phi) is 9.08. The summed E-state index contributed by atoms with van der Waals surface area (Å²) in [6.07, 6.45) is 5.53. The van der Waals surface area contributed by atoms with Gasteiger partial charge in [-0.15, -0.1) is 0 Å². The van der Waals surface area contributed by atoms with Crippen molar-refractivity contribution in [3.8, 4) is 11.5 Å². The van der Waals surface area contributed by atoms with E-state index in [1.165, 1.54) is 20.1 Å². The molecule has 0 N–H and O–H groups in total. The third kappa shape index (κ3) is 6.29. The van der Waals surface area contributed by atoms with E-state index >= 15 is 4.39 Å². The Hall–Kier alpha value is -2.28. The molecule has 2 aromatic rings. The third-order valence-electron chi connectivity index (χ3n) is 7.45. The fraction of sp³-hybridized carbons (Fsp3) is 0.536. The first kappa shape index (κ1) is 27.3. The highest BCUT2D eigenvalue weighted by Crippen LogP contribution is 2.50. The van der Waals surface area contributed by atoms with Crippen LogP contribution in [0.3, 0.4) is 0 Å². The first-order valence-corrected chi connectivity index (χ1v) is 12.2. The fourth-order valence-electron chi connectivity index (χ4n) is 5.40. The van der Waals surface area contributed by atoms with Crippen LogP contribution in [0.25, 0.3) is 0 Å². The minimum Gasteiger partial charge on any atom is -0.497 e. The molecule has 2 aliphatic rings. The fourth-order valence-corrected chi connectivity index (χ4v) is 5.40. The molecule has 1 unspecified atom stereocenters. The lowest BCUT2D eigenvalue weighted by molar-refractivity contribution is -0.155. The largest absolute Gasteiger partial charge is 0.497 e. The van der Waals surface area contributed by atoms with E-state index in [-0.39, 0.29) is 31.1 Å². The number of hydrogen-bond acceptors (Lipinski definition) is 4. The molecule has 0 aliphatic heterocycles. The van der Waals surface area contributed by atoms with Crippen molar-refractivity contribution < 1.29 is 27.8 Å². The molecule has 2 saturated carbocycles. The van der Waals surface area contributed by atoms with Crippen LogP contribution in [-0.2, 0) is 9.53 Å². The summed E-state index contributed by atoms with van der Waals surface area (Å²) in [4.78, 5) is 12.1. The van der Waals surface area contributed by atoms with Gasteiger partial charge in [-0.2, -0.15) is 13.5 Å². The number of methoxy groups -OCH3 is 2. The quantitative estimate of drug-likeness (QED) is 0.355. The minimum absolute atomic E-state index is 0. The minimum atomic E-state index is -2.08. The molecule has 2 aliphatic carbocycles. The standard InChI is InChI=1S/C28H34F2O4.H2S/c1-28(30,27(31)33-3)26(20-11-12-20)21-5-4-6-23(15-21)34-17-18-7-9-19(10-8-18)24-16-22(32-2)13-14-25(24)29;/h4-6,13-16,18-20,26H,7-12,17H2,1-3H3;1H2/t18?,19?,26-,28?;/m0./s1. The van der Waals surface area contributed by atoms with Gasteiger partial charge < -0.3 is 14.2 Å². The van der Waals surface area contributed by atoms with Gasteiger partial charge in [0.05, 0.1) is 20.8 Å². The smallest absolute Gasteiger partial charge is 0.343 e. The molecule has 0 amide bonds. The number of carbonyl (C=O) groups is 1. The van der Waals surface area contributed by atoms with E-state index in [4.69, 9.17) is 14.2 Å². The first-order valence-electron chi connectivity index (χ1n) is 12.2. The van der Waals surface area contributed by atoms with Crippen LogP contribution >= 0.6 is 13.5 Å². The van der Waals surface area contributed by atoms with Gasteiger partial charge in [-0.05, 0) is 105 Å². The van der Waals surface area contributed by atoms with Crippen molar-refractivity contribution in [3.05, 3.63) is 59.4 Å². The molecular weight excluding hydrogens is 470 g/mol. The van der Waals surface area contributed by atoms with Gasteiger partial charge >= 0.3 is 5.97 Å². The van der Waals surface area contributed by atoms with E-state index in [0.717, 1.165) is 49.7 Å². The Morgan fingerprint density at radius 3 is 2.37 bits per heavy atom. The second-order valence-electron chi connectivity index (χ2n) is 9.87. The van der Waals surface area contributed by atoms with Crippen molar-refractivity contribution in [3.63, 3.8) is 0 Å². The molecule has 0 saturated heterocycles. The highest BCUT2D eigenvalue weighted by Gasteiger charge is 2.50. The highest BCUT2D eigenvalue weighted by molar-refractivity contribution is 7.59. The number of ether oxygens (including phenoxy) is 3. The molecule has 192 valence electrons. The maximum Gasteiger partial charge on any atom is 0.343 e. The number of hydrogen-bond donors (Lipinski definition) is 0. The molecule has 2 atom stereocenters.